The molecule has 2 aromatic rings. The molecule has 0 aliphatic carbocycles. The highest BCUT2D eigenvalue weighted by atomic mass is 32.2. The molecule has 1 aromatic heterocycles. The van der Waals surface area contributed by atoms with Crippen LogP contribution >= 0.6 is 11.9 Å². The summed E-state index contributed by atoms with van der Waals surface area (Å²) < 4.78 is 28.2. The molecule has 31 heavy (non-hydrogen) atoms. The number of anilines is 1. The molecule has 0 unspecified atom stereocenters. The summed E-state index contributed by atoms with van der Waals surface area (Å²) in [7, 11) is 0. The molecular weight excluding hydrogens is 419 g/mol. The molecular formula is C22H27FN4O3S. The number of piperazine rings is 1. The number of hydrogen-bond acceptors (Lipinski definition) is 7. The summed E-state index contributed by atoms with van der Waals surface area (Å²) >= 11 is 1.70. The highest BCUT2D eigenvalue weighted by Crippen LogP contribution is 2.37. The van der Waals surface area contributed by atoms with Crippen LogP contribution in [-0.2, 0) is 9.47 Å². The van der Waals surface area contributed by atoms with Crippen molar-refractivity contribution >= 4 is 34.4 Å². The first-order chi connectivity index (χ1) is 15.1. The molecule has 4 heterocycles. The summed E-state index contributed by atoms with van der Waals surface area (Å²) in [5.41, 5.74) is 2.00. The molecule has 0 saturated carbocycles. The van der Waals surface area contributed by atoms with Crippen molar-refractivity contribution in [2.45, 2.75) is 18.6 Å². The number of amides is 1. The largest absolute Gasteiger partial charge is 0.370 e. The van der Waals surface area contributed by atoms with Crippen LogP contribution in [0.25, 0.3) is 10.9 Å². The first-order valence-electron chi connectivity index (χ1n) is 10.8. The third kappa shape index (κ3) is 4.00. The monoisotopic (exact) mass is 446 g/mol. The average Bonchev–Trinajstić information content (AvgIpc) is 3.26. The SMILES string of the molecule is CSN1CCN(C(=O)c2cnc3ccc(F)cc3c2N2CCC3(CC2)OCCO3)CC1. The minimum atomic E-state index is -0.511. The number of aromatic nitrogens is 1. The van der Waals surface area contributed by atoms with Gasteiger partial charge in [-0.1, -0.05) is 11.9 Å². The van der Waals surface area contributed by atoms with E-state index in [1.165, 1.54) is 12.1 Å². The first-order valence-corrected chi connectivity index (χ1v) is 12.0. The molecule has 7 nitrogen and oxygen atoms in total. The molecule has 0 radical (unpaired) electrons. The Kier molecular flexibility index (Phi) is 5.76. The molecule has 9 heteroatoms. The van der Waals surface area contributed by atoms with E-state index in [9.17, 15) is 9.18 Å². The topological polar surface area (TPSA) is 58.1 Å². The lowest BCUT2D eigenvalue weighted by Gasteiger charge is -2.40. The number of carbonyl (C=O) groups is 1. The lowest BCUT2D eigenvalue weighted by atomic mass is 10.00. The van der Waals surface area contributed by atoms with Gasteiger partial charge >= 0.3 is 0 Å². The van der Waals surface area contributed by atoms with Gasteiger partial charge in [0, 0.05) is 63.7 Å². The highest BCUT2D eigenvalue weighted by Gasteiger charge is 2.41. The Morgan fingerprint density at radius 2 is 1.81 bits per heavy atom. The predicted octanol–water partition coefficient (Wildman–Crippen LogP) is 2.75. The maximum Gasteiger partial charge on any atom is 0.257 e. The van der Waals surface area contributed by atoms with Gasteiger partial charge in [-0.25, -0.2) is 8.70 Å². The van der Waals surface area contributed by atoms with Crippen LogP contribution in [0.2, 0.25) is 0 Å². The van der Waals surface area contributed by atoms with Crippen molar-refractivity contribution in [1.82, 2.24) is 14.2 Å². The average molecular weight is 447 g/mol. The van der Waals surface area contributed by atoms with E-state index in [1.54, 1.807) is 24.2 Å². The first kappa shape index (κ1) is 20.9. The van der Waals surface area contributed by atoms with Crippen molar-refractivity contribution in [3.05, 3.63) is 35.8 Å². The number of hydrogen-bond donors (Lipinski definition) is 0. The Bertz CT molecular complexity index is 967. The molecule has 0 atom stereocenters. The maximum absolute atomic E-state index is 14.2. The Hall–Kier alpha value is -1.94. The Morgan fingerprint density at radius 1 is 1.10 bits per heavy atom. The van der Waals surface area contributed by atoms with E-state index in [4.69, 9.17) is 9.47 Å². The van der Waals surface area contributed by atoms with Crippen LogP contribution in [0.3, 0.4) is 0 Å². The van der Waals surface area contributed by atoms with Crippen LogP contribution in [0.5, 0.6) is 0 Å². The summed E-state index contributed by atoms with van der Waals surface area (Å²) in [5.74, 6) is -0.879. The van der Waals surface area contributed by atoms with Crippen molar-refractivity contribution < 1.29 is 18.7 Å². The Morgan fingerprint density at radius 3 is 2.48 bits per heavy atom. The van der Waals surface area contributed by atoms with Crippen LogP contribution in [0.15, 0.2) is 24.4 Å². The van der Waals surface area contributed by atoms with Crippen molar-refractivity contribution in [1.29, 1.82) is 0 Å². The van der Waals surface area contributed by atoms with Gasteiger partial charge in [0.1, 0.15) is 5.82 Å². The number of halogens is 1. The third-order valence-corrected chi connectivity index (χ3v) is 7.35. The van der Waals surface area contributed by atoms with Crippen molar-refractivity contribution in [2.24, 2.45) is 0 Å². The minimum absolute atomic E-state index is 0.0388. The third-order valence-electron chi connectivity index (χ3n) is 6.47. The van der Waals surface area contributed by atoms with Gasteiger partial charge in [0.25, 0.3) is 5.91 Å². The summed E-state index contributed by atoms with van der Waals surface area (Å²) in [6, 6.07) is 4.58. The highest BCUT2D eigenvalue weighted by molar-refractivity contribution is 7.96. The van der Waals surface area contributed by atoms with Crippen molar-refractivity contribution in [3.8, 4) is 0 Å². The molecule has 3 aliphatic rings. The van der Waals surface area contributed by atoms with Gasteiger partial charge in [-0.05, 0) is 24.5 Å². The van der Waals surface area contributed by atoms with Crippen LogP contribution < -0.4 is 4.90 Å². The van der Waals surface area contributed by atoms with Gasteiger partial charge in [-0.15, -0.1) is 0 Å². The number of pyridine rings is 1. The lowest BCUT2D eigenvalue weighted by Crippen LogP contribution is -2.48. The van der Waals surface area contributed by atoms with E-state index in [0.29, 0.717) is 68.7 Å². The lowest BCUT2D eigenvalue weighted by molar-refractivity contribution is -0.169. The van der Waals surface area contributed by atoms with Crippen LogP contribution in [0.4, 0.5) is 10.1 Å². The predicted molar refractivity (Wildman–Crippen MR) is 119 cm³/mol. The van der Waals surface area contributed by atoms with Gasteiger partial charge in [-0.2, -0.15) is 0 Å². The summed E-state index contributed by atoms with van der Waals surface area (Å²) in [5, 5.41) is 0.679. The Labute approximate surface area is 185 Å². The molecule has 1 spiro atoms. The molecule has 3 fully saturated rings. The summed E-state index contributed by atoms with van der Waals surface area (Å²) in [6.45, 7) is 5.60. The summed E-state index contributed by atoms with van der Waals surface area (Å²) in [6.07, 6.45) is 5.14. The van der Waals surface area contributed by atoms with Gasteiger partial charge in [0.05, 0.1) is 30.0 Å². The number of rotatable bonds is 3. The second kappa shape index (κ2) is 8.54. The summed E-state index contributed by atoms with van der Waals surface area (Å²) in [4.78, 5) is 22.1. The van der Waals surface area contributed by atoms with Gasteiger partial charge in [-0.3, -0.25) is 9.78 Å². The fourth-order valence-corrected chi connectivity index (χ4v) is 5.28. The number of fused-ring (bicyclic) bond motifs is 1. The van der Waals surface area contributed by atoms with E-state index in [1.807, 2.05) is 4.90 Å². The number of benzene rings is 1. The van der Waals surface area contributed by atoms with E-state index in [0.717, 1.165) is 18.8 Å². The second-order valence-electron chi connectivity index (χ2n) is 8.18. The molecule has 166 valence electrons. The Balaban J connectivity index is 1.49. The molecule has 1 aromatic carbocycles. The normalized spacial score (nSPS) is 21.9. The van der Waals surface area contributed by atoms with Gasteiger partial charge < -0.3 is 19.3 Å². The zero-order valence-electron chi connectivity index (χ0n) is 17.7. The van der Waals surface area contributed by atoms with Crippen molar-refractivity contribution in [3.63, 3.8) is 0 Å². The van der Waals surface area contributed by atoms with E-state index >= 15 is 0 Å². The maximum atomic E-state index is 14.2. The number of piperidine rings is 1. The fraction of sp³-hybridized carbons (Fsp3) is 0.545. The molecule has 3 aliphatic heterocycles. The standard InChI is InChI=1S/C22H27FN4O3S/c1-31-27-10-8-26(9-11-27)21(28)18-15-24-19-3-2-16(23)14-17(19)20(18)25-6-4-22(5-7-25)29-12-13-30-22/h2-3,14-15H,4-13H2,1H3. The fourth-order valence-electron chi connectivity index (χ4n) is 4.75. The van der Waals surface area contributed by atoms with E-state index in [-0.39, 0.29) is 11.7 Å². The van der Waals surface area contributed by atoms with Crippen LogP contribution in [-0.4, -0.2) is 84.6 Å². The van der Waals surface area contributed by atoms with E-state index in [2.05, 4.69) is 20.4 Å². The minimum Gasteiger partial charge on any atom is -0.370 e. The number of ether oxygens (including phenoxy) is 2. The zero-order valence-corrected chi connectivity index (χ0v) is 18.5. The second-order valence-corrected chi connectivity index (χ2v) is 9.06. The molecule has 1 amide bonds. The molecule has 5 rings (SSSR count). The number of carbonyl (C=O) groups excluding carboxylic acids is 1. The molecule has 0 bridgehead atoms. The van der Waals surface area contributed by atoms with Crippen molar-refractivity contribution in [2.75, 3.05) is 63.6 Å². The van der Waals surface area contributed by atoms with Crippen LogP contribution in [0, 0.1) is 5.82 Å². The quantitative estimate of drug-likeness (QED) is 0.672. The van der Waals surface area contributed by atoms with Crippen LogP contribution in [0.1, 0.15) is 23.2 Å². The van der Waals surface area contributed by atoms with Gasteiger partial charge in [0.15, 0.2) is 5.79 Å². The molecule has 0 N–H and O–H groups in total. The van der Waals surface area contributed by atoms with Gasteiger partial charge in [0.2, 0.25) is 0 Å². The zero-order chi connectivity index (χ0) is 21.4. The van der Waals surface area contributed by atoms with E-state index < -0.39 is 5.79 Å². The molecule has 3 saturated heterocycles. The smallest absolute Gasteiger partial charge is 0.257 e. The number of nitrogens with zero attached hydrogens (tertiary/aromatic N) is 4.